The van der Waals surface area contributed by atoms with Gasteiger partial charge in [-0.05, 0) is 54.1 Å². The maximum Gasteiger partial charge on any atom is 0.369 e. The van der Waals surface area contributed by atoms with Gasteiger partial charge in [0.1, 0.15) is 0 Å². The Kier molecular flexibility index (Phi) is 6.06. The van der Waals surface area contributed by atoms with Crippen molar-refractivity contribution in [1.29, 1.82) is 0 Å². The number of hydrogen-bond acceptors (Lipinski definition) is 3. The fourth-order valence-corrected chi connectivity index (χ4v) is 3.29. The van der Waals surface area contributed by atoms with Gasteiger partial charge in [0, 0.05) is 3.57 Å². The monoisotopic (exact) mass is 372 g/mol. The number of hydrogen-bond donors (Lipinski definition) is 0. The molecule has 1 aromatic rings. The van der Waals surface area contributed by atoms with Gasteiger partial charge in [-0.3, -0.25) is 4.57 Å². The second-order valence-electron chi connectivity index (χ2n) is 3.26. The van der Waals surface area contributed by atoms with Crippen LogP contribution in [-0.4, -0.2) is 13.2 Å². The van der Waals surface area contributed by atoms with Crippen molar-refractivity contribution in [2.75, 3.05) is 13.2 Å². The standard InChI is InChI=1S/C11H15FIO3P/c1-3-15-17(14,16-4-2)11(12)9-5-7-10(13)8-6-9/h5-8,11H,3-4H2,1-2H3. The Morgan fingerprint density at radius 3 is 2.12 bits per heavy atom. The molecule has 1 unspecified atom stereocenters. The molecule has 0 aliphatic rings. The fourth-order valence-electron chi connectivity index (χ4n) is 1.33. The van der Waals surface area contributed by atoms with E-state index in [1.54, 1.807) is 38.1 Å². The summed E-state index contributed by atoms with van der Waals surface area (Å²) in [6, 6.07) is 6.70. The van der Waals surface area contributed by atoms with Crippen molar-refractivity contribution in [1.82, 2.24) is 0 Å². The molecule has 1 rings (SSSR count). The van der Waals surface area contributed by atoms with E-state index in [-0.39, 0.29) is 13.2 Å². The van der Waals surface area contributed by atoms with Crippen molar-refractivity contribution >= 4 is 30.2 Å². The normalized spacial score (nSPS) is 13.6. The van der Waals surface area contributed by atoms with Crippen LogP contribution in [0.4, 0.5) is 4.39 Å². The SMILES string of the molecule is CCOP(=O)(OCC)C(F)c1ccc(I)cc1. The van der Waals surface area contributed by atoms with Gasteiger partial charge in [-0.15, -0.1) is 0 Å². The van der Waals surface area contributed by atoms with E-state index in [2.05, 4.69) is 22.6 Å². The number of benzene rings is 1. The highest BCUT2D eigenvalue weighted by Crippen LogP contribution is 2.61. The maximum atomic E-state index is 14.2. The van der Waals surface area contributed by atoms with E-state index in [4.69, 9.17) is 9.05 Å². The molecule has 0 bridgehead atoms. The average Bonchev–Trinajstić information content (AvgIpc) is 2.30. The molecular formula is C11H15FIO3P. The first-order valence-electron chi connectivity index (χ1n) is 5.31. The Morgan fingerprint density at radius 2 is 1.71 bits per heavy atom. The van der Waals surface area contributed by atoms with Gasteiger partial charge in [-0.25, -0.2) is 4.39 Å². The molecule has 0 aromatic heterocycles. The molecule has 17 heavy (non-hydrogen) atoms. The van der Waals surface area contributed by atoms with E-state index in [0.29, 0.717) is 5.56 Å². The molecule has 6 heteroatoms. The maximum absolute atomic E-state index is 14.2. The van der Waals surface area contributed by atoms with Crippen molar-refractivity contribution < 1.29 is 18.0 Å². The van der Waals surface area contributed by atoms with Crippen LogP contribution in [0.5, 0.6) is 0 Å². The lowest BCUT2D eigenvalue weighted by atomic mass is 10.2. The lowest BCUT2D eigenvalue weighted by Gasteiger charge is -2.20. The zero-order chi connectivity index (χ0) is 12.9. The molecule has 0 amide bonds. The van der Waals surface area contributed by atoms with Crippen molar-refractivity contribution in [2.45, 2.75) is 19.8 Å². The summed E-state index contributed by atoms with van der Waals surface area (Å²) in [4.78, 5) is 0. The first-order chi connectivity index (χ1) is 8.03. The predicted molar refractivity (Wildman–Crippen MR) is 73.9 cm³/mol. The van der Waals surface area contributed by atoms with Gasteiger partial charge in [0.05, 0.1) is 13.2 Å². The highest BCUT2D eigenvalue weighted by atomic mass is 127. The summed E-state index contributed by atoms with van der Waals surface area (Å²) in [5.41, 5.74) is 0.315. The van der Waals surface area contributed by atoms with Crippen LogP contribution in [0.3, 0.4) is 0 Å². The lowest BCUT2D eigenvalue weighted by Crippen LogP contribution is -2.02. The van der Waals surface area contributed by atoms with E-state index < -0.39 is 13.5 Å². The molecule has 1 atom stereocenters. The minimum absolute atomic E-state index is 0.155. The molecule has 0 heterocycles. The first-order valence-corrected chi connectivity index (χ1v) is 8.01. The van der Waals surface area contributed by atoms with Crippen molar-refractivity contribution in [3.05, 3.63) is 33.4 Å². The van der Waals surface area contributed by atoms with E-state index >= 15 is 0 Å². The first kappa shape index (κ1) is 15.1. The highest BCUT2D eigenvalue weighted by molar-refractivity contribution is 14.1. The second-order valence-corrected chi connectivity index (χ2v) is 6.56. The lowest BCUT2D eigenvalue weighted by molar-refractivity contribution is 0.190. The topological polar surface area (TPSA) is 35.5 Å². The molecule has 96 valence electrons. The van der Waals surface area contributed by atoms with Crippen LogP contribution in [0.25, 0.3) is 0 Å². The van der Waals surface area contributed by atoms with Gasteiger partial charge in [0.2, 0.25) is 5.91 Å². The molecule has 0 radical (unpaired) electrons. The molecule has 0 N–H and O–H groups in total. The van der Waals surface area contributed by atoms with E-state index in [1.165, 1.54) is 0 Å². The highest BCUT2D eigenvalue weighted by Gasteiger charge is 2.37. The minimum Gasteiger partial charge on any atom is -0.307 e. The third-order valence-electron chi connectivity index (χ3n) is 2.04. The molecule has 0 aliphatic carbocycles. The second kappa shape index (κ2) is 6.83. The summed E-state index contributed by atoms with van der Waals surface area (Å²) in [6.07, 6.45) is 0. The van der Waals surface area contributed by atoms with Crippen LogP contribution in [0, 0.1) is 3.57 Å². The largest absolute Gasteiger partial charge is 0.369 e. The molecule has 3 nitrogen and oxygen atoms in total. The summed E-state index contributed by atoms with van der Waals surface area (Å²) in [5, 5.41) is 0. The van der Waals surface area contributed by atoms with Gasteiger partial charge >= 0.3 is 7.60 Å². The summed E-state index contributed by atoms with van der Waals surface area (Å²) in [6.45, 7) is 3.63. The van der Waals surface area contributed by atoms with Crippen LogP contribution in [0.1, 0.15) is 25.3 Å². The van der Waals surface area contributed by atoms with Gasteiger partial charge in [-0.1, -0.05) is 12.1 Å². The van der Waals surface area contributed by atoms with Crippen LogP contribution in [-0.2, 0) is 13.6 Å². The minimum atomic E-state index is -3.72. The van der Waals surface area contributed by atoms with Crippen LogP contribution in [0.15, 0.2) is 24.3 Å². The van der Waals surface area contributed by atoms with E-state index in [1.807, 2.05) is 0 Å². The summed E-state index contributed by atoms with van der Waals surface area (Å²) in [5.74, 6) is -1.74. The third-order valence-corrected chi connectivity index (χ3v) is 4.85. The van der Waals surface area contributed by atoms with E-state index in [0.717, 1.165) is 3.57 Å². The third kappa shape index (κ3) is 4.02. The molecule has 1 aromatic carbocycles. The molecule has 0 spiro atoms. The predicted octanol–water partition coefficient (Wildman–Crippen LogP) is 4.53. The molecular weight excluding hydrogens is 357 g/mol. The van der Waals surface area contributed by atoms with E-state index in [9.17, 15) is 8.96 Å². The number of rotatable bonds is 6. The van der Waals surface area contributed by atoms with Crippen molar-refractivity contribution in [2.24, 2.45) is 0 Å². The van der Waals surface area contributed by atoms with Crippen LogP contribution < -0.4 is 0 Å². The van der Waals surface area contributed by atoms with Crippen molar-refractivity contribution in [3.63, 3.8) is 0 Å². The Balaban J connectivity index is 2.95. The number of halogens is 2. The Bertz CT molecular complexity index is 386. The van der Waals surface area contributed by atoms with Gasteiger partial charge in [0.25, 0.3) is 0 Å². The van der Waals surface area contributed by atoms with Gasteiger partial charge in [0.15, 0.2) is 0 Å². The van der Waals surface area contributed by atoms with Crippen LogP contribution >= 0.6 is 30.2 Å². The zero-order valence-electron chi connectivity index (χ0n) is 9.73. The van der Waals surface area contributed by atoms with Gasteiger partial charge in [-0.2, -0.15) is 0 Å². The average molecular weight is 372 g/mol. The van der Waals surface area contributed by atoms with Crippen LogP contribution in [0.2, 0.25) is 0 Å². The zero-order valence-corrected chi connectivity index (χ0v) is 12.8. The number of alkyl halides is 1. The summed E-state index contributed by atoms with van der Waals surface area (Å²) >= 11 is 2.12. The fraction of sp³-hybridized carbons (Fsp3) is 0.455. The molecule has 0 saturated carbocycles. The Labute approximate surface area is 114 Å². The summed E-state index contributed by atoms with van der Waals surface area (Å²) in [7, 11) is -3.72. The van der Waals surface area contributed by atoms with Crippen molar-refractivity contribution in [3.8, 4) is 0 Å². The smallest absolute Gasteiger partial charge is 0.307 e. The molecule has 0 fully saturated rings. The summed E-state index contributed by atoms with van der Waals surface area (Å²) < 4.78 is 37.3. The molecule has 0 saturated heterocycles. The Morgan fingerprint density at radius 1 is 1.24 bits per heavy atom. The quantitative estimate of drug-likeness (QED) is 0.544. The Hall–Kier alpha value is 0.0300. The van der Waals surface area contributed by atoms with Gasteiger partial charge < -0.3 is 9.05 Å². The molecule has 0 aliphatic heterocycles.